The second kappa shape index (κ2) is 9.31. The first kappa shape index (κ1) is 19.1. The first-order valence-corrected chi connectivity index (χ1v) is 9.76. The lowest BCUT2D eigenvalue weighted by molar-refractivity contribution is 0.246. The Morgan fingerprint density at radius 3 is 2.56 bits per heavy atom. The molecule has 2 aromatic carbocycles. The normalized spacial score (nSPS) is 14.7. The van der Waals surface area contributed by atoms with E-state index in [-0.39, 0.29) is 12.1 Å². The molecule has 2 aromatic rings. The standard InChI is InChI=1S/C22H29N3O2/c1-3-15-27-20-9-10-21(17(2)16-20)24-22(26)23-18-11-13-25(14-12-18)19-7-5-4-6-8-19/h4-10,16,18H,3,11-15H2,1-2H3,(H2,23,24,26). The molecular formula is C22H29N3O2. The summed E-state index contributed by atoms with van der Waals surface area (Å²) in [5.41, 5.74) is 3.07. The monoisotopic (exact) mass is 367 g/mol. The van der Waals surface area contributed by atoms with Gasteiger partial charge >= 0.3 is 6.03 Å². The Bertz CT molecular complexity index is 740. The largest absolute Gasteiger partial charge is 0.494 e. The molecule has 0 bridgehead atoms. The highest BCUT2D eigenvalue weighted by Crippen LogP contribution is 2.22. The molecular weight excluding hydrogens is 338 g/mol. The Hall–Kier alpha value is -2.69. The van der Waals surface area contributed by atoms with Crippen LogP contribution in [0, 0.1) is 6.92 Å². The predicted molar refractivity (Wildman–Crippen MR) is 111 cm³/mol. The number of ether oxygens (including phenoxy) is 1. The first-order valence-electron chi connectivity index (χ1n) is 9.76. The van der Waals surface area contributed by atoms with Gasteiger partial charge < -0.3 is 20.3 Å². The maximum atomic E-state index is 12.4. The SMILES string of the molecule is CCCOc1ccc(NC(=O)NC2CCN(c3ccccc3)CC2)c(C)c1. The number of benzene rings is 2. The van der Waals surface area contributed by atoms with Crippen molar-refractivity contribution in [3.63, 3.8) is 0 Å². The van der Waals surface area contributed by atoms with E-state index < -0.39 is 0 Å². The van der Waals surface area contributed by atoms with Crippen LogP contribution in [0.5, 0.6) is 5.75 Å². The Kier molecular flexibility index (Phi) is 6.58. The Labute approximate surface area is 161 Å². The van der Waals surface area contributed by atoms with Gasteiger partial charge in [-0.05, 0) is 62.1 Å². The summed E-state index contributed by atoms with van der Waals surface area (Å²) in [6.45, 7) is 6.67. The fourth-order valence-electron chi connectivity index (χ4n) is 3.35. The minimum atomic E-state index is -0.140. The molecule has 27 heavy (non-hydrogen) atoms. The third-order valence-electron chi connectivity index (χ3n) is 4.87. The summed E-state index contributed by atoms with van der Waals surface area (Å²) in [4.78, 5) is 14.7. The van der Waals surface area contributed by atoms with Crippen molar-refractivity contribution < 1.29 is 9.53 Å². The molecule has 3 rings (SSSR count). The second-order valence-corrected chi connectivity index (χ2v) is 7.02. The summed E-state index contributed by atoms with van der Waals surface area (Å²) < 4.78 is 5.63. The quantitative estimate of drug-likeness (QED) is 0.786. The van der Waals surface area contributed by atoms with Gasteiger partial charge in [0.1, 0.15) is 5.75 Å². The minimum absolute atomic E-state index is 0.140. The van der Waals surface area contributed by atoms with E-state index in [1.54, 1.807) is 0 Å². The van der Waals surface area contributed by atoms with E-state index in [4.69, 9.17) is 4.74 Å². The minimum Gasteiger partial charge on any atom is -0.494 e. The van der Waals surface area contributed by atoms with E-state index in [0.717, 1.165) is 49.4 Å². The highest BCUT2D eigenvalue weighted by Gasteiger charge is 2.21. The highest BCUT2D eigenvalue weighted by molar-refractivity contribution is 5.90. The van der Waals surface area contributed by atoms with Gasteiger partial charge in [0.2, 0.25) is 0 Å². The smallest absolute Gasteiger partial charge is 0.319 e. The lowest BCUT2D eigenvalue weighted by atomic mass is 10.0. The molecule has 5 nitrogen and oxygen atoms in total. The number of rotatable bonds is 6. The maximum Gasteiger partial charge on any atom is 0.319 e. The summed E-state index contributed by atoms with van der Waals surface area (Å²) in [6.07, 6.45) is 2.88. The van der Waals surface area contributed by atoms with Gasteiger partial charge in [-0.1, -0.05) is 25.1 Å². The van der Waals surface area contributed by atoms with Crippen molar-refractivity contribution in [1.29, 1.82) is 0 Å². The maximum absolute atomic E-state index is 12.4. The molecule has 0 radical (unpaired) electrons. The number of para-hydroxylation sites is 1. The average molecular weight is 367 g/mol. The van der Waals surface area contributed by atoms with Gasteiger partial charge in [-0.25, -0.2) is 4.79 Å². The van der Waals surface area contributed by atoms with Crippen LogP contribution in [-0.4, -0.2) is 31.8 Å². The van der Waals surface area contributed by atoms with Crippen LogP contribution in [0.1, 0.15) is 31.7 Å². The topological polar surface area (TPSA) is 53.6 Å². The van der Waals surface area contributed by atoms with Gasteiger partial charge in [0.25, 0.3) is 0 Å². The van der Waals surface area contributed by atoms with Crippen LogP contribution in [0.2, 0.25) is 0 Å². The lowest BCUT2D eigenvalue weighted by Gasteiger charge is -2.34. The van der Waals surface area contributed by atoms with E-state index in [9.17, 15) is 4.79 Å². The molecule has 1 aliphatic heterocycles. The number of urea groups is 1. The van der Waals surface area contributed by atoms with E-state index >= 15 is 0 Å². The van der Waals surface area contributed by atoms with Crippen LogP contribution >= 0.6 is 0 Å². The predicted octanol–water partition coefficient (Wildman–Crippen LogP) is 4.57. The summed E-state index contributed by atoms with van der Waals surface area (Å²) in [5.74, 6) is 0.841. The van der Waals surface area contributed by atoms with Gasteiger partial charge in [-0.3, -0.25) is 0 Å². The fraction of sp³-hybridized carbons (Fsp3) is 0.409. The molecule has 0 spiro atoms. The number of carbonyl (C=O) groups is 1. The number of hydrogen-bond acceptors (Lipinski definition) is 3. The van der Waals surface area contributed by atoms with Crippen molar-refractivity contribution in [2.24, 2.45) is 0 Å². The van der Waals surface area contributed by atoms with Crippen molar-refractivity contribution in [1.82, 2.24) is 5.32 Å². The molecule has 5 heteroatoms. The van der Waals surface area contributed by atoms with Gasteiger partial charge in [0.05, 0.1) is 6.61 Å². The van der Waals surface area contributed by atoms with Crippen molar-refractivity contribution in [3.05, 3.63) is 54.1 Å². The third-order valence-corrected chi connectivity index (χ3v) is 4.87. The molecule has 1 fully saturated rings. The number of amides is 2. The van der Waals surface area contributed by atoms with Gasteiger partial charge in [0, 0.05) is 30.5 Å². The molecule has 144 valence electrons. The van der Waals surface area contributed by atoms with Crippen molar-refractivity contribution in [3.8, 4) is 5.75 Å². The molecule has 1 heterocycles. The molecule has 2 amide bonds. The lowest BCUT2D eigenvalue weighted by Crippen LogP contribution is -2.46. The van der Waals surface area contributed by atoms with E-state index in [1.165, 1.54) is 5.69 Å². The average Bonchev–Trinajstić information content (AvgIpc) is 2.69. The number of aryl methyl sites for hydroxylation is 1. The summed E-state index contributed by atoms with van der Waals surface area (Å²) in [7, 11) is 0. The number of anilines is 2. The fourth-order valence-corrected chi connectivity index (χ4v) is 3.35. The summed E-state index contributed by atoms with van der Waals surface area (Å²) >= 11 is 0. The second-order valence-electron chi connectivity index (χ2n) is 7.02. The summed E-state index contributed by atoms with van der Waals surface area (Å²) in [5, 5.41) is 6.07. The molecule has 1 aliphatic rings. The van der Waals surface area contributed by atoms with E-state index in [0.29, 0.717) is 6.61 Å². The van der Waals surface area contributed by atoms with Gasteiger partial charge in [-0.2, -0.15) is 0 Å². The third kappa shape index (κ3) is 5.39. The Balaban J connectivity index is 1.47. The Morgan fingerprint density at radius 1 is 1.15 bits per heavy atom. The molecule has 0 aliphatic carbocycles. The number of nitrogens with one attached hydrogen (secondary N) is 2. The van der Waals surface area contributed by atoms with Crippen LogP contribution in [0.4, 0.5) is 16.2 Å². The first-order chi connectivity index (χ1) is 13.2. The Morgan fingerprint density at radius 2 is 1.89 bits per heavy atom. The molecule has 0 unspecified atom stereocenters. The van der Waals surface area contributed by atoms with Gasteiger partial charge in [-0.15, -0.1) is 0 Å². The van der Waals surface area contributed by atoms with Crippen molar-refractivity contribution in [2.45, 2.75) is 39.2 Å². The van der Waals surface area contributed by atoms with Crippen molar-refractivity contribution >= 4 is 17.4 Å². The van der Waals surface area contributed by atoms with Crippen LogP contribution < -0.4 is 20.3 Å². The molecule has 0 saturated carbocycles. The molecule has 2 N–H and O–H groups in total. The van der Waals surface area contributed by atoms with Crippen LogP contribution in [0.15, 0.2) is 48.5 Å². The van der Waals surface area contributed by atoms with E-state index in [2.05, 4.69) is 46.7 Å². The van der Waals surface area contributed by atoms with E-state index in [1.807, 2.05) is 31.2 Å². The van der Waals surface area contributed by atoms with Crippen molar-refractivity contribution in [2.75, 3.05) is 29.9 Å². The van der Waals surface area contributed by atoms with Gasteiger partial charge in [0.15, 0.2) is 0 Å². The molecule has 0 atom stereocenters. The van der Waals surface area contributed by atoms with Crippen LogP contribution in [0.3, 0.4) is 0 Å². The highest BCUT2D eigenvalue weighted by atomic mass is 16.5. The number of hydrogen-bond donors (Lipinski definition) is 2. The number of nitrogens with zero attached hydrogens (tertiary/aromatic N) is 1. The molecule has 1 saturated heterocycles. The summed E-state index contributed by atoms with van der Waals surface area (Å²) in [6, 6.07) is 16.3. The van der Waals surface area contributed by atoms with Crippen LogP contribution in [-0.2, 0) is 0 Å². The zero-order chi connectivity index (χ0) is 19.1. The van der Waals surface area contributed by atoms with Crippen LogP contribution in [0.25, 0.3) is 0 Å². The number of carbonyl (C=O) groups excluding carboxylic acids is 1. The number of piperidine rings is 1. The zero-order valence-electron chi connectivity index (χ0n) is 16.2. The molecule has 0 aromatic heterocycles. The zero-order valence-corrected chi connectivity index (χ0v) is 16.2.